The van der Waals surface area contributed by atoms with E-state index >= 15 is 0 Å². The van der Waals surface area contributed by atoms with Gasteiger partial charge >= 0.3 is 0 Å². The van der Waals surface area contributed by atoms with Crippen molar-refractivity contribution in [3.8, 4) is 0 Å². The number of nitrogens with two attached hydrogens (primary N) is 1. The fraction of sp³-hybridized carbons (Fsp3) is 0.778. The van der Waals surface area contributed by atoms with Crippen LogP contribution in [0.15, 0.2) is 4.52 Å². The quantitative estimate of drug-likeness (QED) is 0.745. The highest BCUT2D eigenvalue weighted by Gasteiger charge is 2.43. The summed E-state index contributed by atoms with van der Waals surface area (Å²) in [6, 6.07) is 0. The van der Waals surface area contributed by atoms with E-state index in [0.29, 0.717) is 17.6 Å². The van der Waals surface area contributed by atoms with E-state index in [1.165, 1.54) is 0 Å². The highest BCUT2D eigenvalue weighted by atomic mass is 16.5. The molecule has 1 saturated carbocycles. The van der Waals surface area contributed by atoms with Crippen LogP contribution in [0.5, 0.6) is 0 Å². The molecule has 0 saturated heterocycles. The molecule has 0 unspecified atom stereocenters. The van der Waals surface area contributed by atoms with E-state index in [-0.39, 0.29) is 5.54 Å². The van der Waals surface area contributed by atoms with Crippen molar-refractivity contribution in [2.75, 3.05) is 0 Å². The lowest BCUT2D eigenvalue weighted by Crippen LogP contribution is -2.48. The van der Waals surface area contributed by atoms with Gasteiger partial charge in [-0.05, 0) is 18.8 Å². The summed E-state index contributed by atoms with van der Waals surface area (Å²) < 4.78 is 5.03. The molecule has 1 aromatic heterocycles. The number of nitrogens with zero attached hydrogens (tertiary/aromatic N) is 2. The molecule has 0 aliphatic heterocycles. The Morgan fingerprint density at radius 1 is 1.62 bits per heavy atom. The monoisotopic (exact) mass is 181 g/mol. The first kappa shape index (κ1) is 8.69. The third-order valence-corrected chi connectivity index (χ3v) is 2.64. The molecule has 0 spiro atoms. The Morgan fingerprint density at radius 2 is 2.31 bits per heavy atom. The van der Waals surface area contributed by atoms with Crippen LogP contribution in [-0.2, 0) is 12.0 Å². The summed E-state index contributed by atoms with van der Waals surface area (Å²) in [4.78, 5) is 4.25. The molecule has 0 atom stereocenters. The van der Waals surface area contributed by atoms with E-state index in [1.807, 2.05) is 6.92 Å². The van der Waals surface area contributed by atoms with Crippen molar-refractivity contribution in [3.63, 3.8) is 0 Å². The Balaban J connectivity index is 2.16. The summed E-state index contributed by atoms with van der Waals surface area (Å²) in [6.07, 6.45) is 2.71. The highest BCUT2D eigenvalue weighted by molar-refractivity contribution is 5.10. The third kappa shape index (κ3) is 1.35. The van der Waals surface area contributed by atoms with Crippen LogP contribution in [0.25, 0.3) is 0 Å². The lowest BCUT2D eigenvalue weighted by atomic mass is 9.69. The minimum atomic E-state index is -0.309. The average Bonchev–Trinajstić information content (AvgIpc) is 2.49. The van der Waals surface area contributed by atoms with Gasteiger partial charge in [-0.2, -0.15) is 4.98 Å². The minimum absolute atomic E-state index is 0.309. The van der Waals surface area contributed by atoms with Crippen LogP contribution in [0.4, 0.5) is 0 Å². The molecule has 4 nitrogen and oxygen atoms in total. The largest absolute Gasteiger partial charge is 0.339 e. The van der Waals surface area contributed by atoms with E-state index in [1.54, 1.807) is 0 Å². The van der Waals surface area contributed by atoms with Gasteiger partial charge in [-0.3, -0.25) is 0 Å². The Kier molecular flexibility index (Phi) is 1.87. The third-order valence-electron chi connectivity index (χ3n) is 2.64. The summed E-state index contributed by atoms with van der Waals surface area (Å²) in [5.41, 5.74) is 5.79. The number of aromatic nitrogens is 2. The van der Waals surface area contributed by atoms with E-state index in [2.05, 4.69) is 17.1 Å². The maximum absolute atomic E-state index is 6.10. The molecule has 1 heterocycles. The molecule has 0 aromatic carbocycles. The molecule has 0 bridgehead atoms. The molecule has 2 rings (SSSR count). The van der Waals surface area contributed by atoms with Gasteiger partial charge in [0.15, 0.2) is 5.82 Å². The fourth-order valence-corrected chi connectivity index (χ4v) is 1.97. The SMILES string of the molecule is CCc1nc(C2(N)CC(C)C2)no1. The lowest BCUT2D eigenvalue weighted by molar-refractivity contribution is 0.149. The van der Waals surface area contributed by atoms with Gasteiger partial charge < -0.3 is 10.3 Å². The maximum Gasteiger partial charge on any atom is 0.226 e. The van der Waals surface area contributed by atoms with Crippen molar-refractivity contribution < 1.29 is 4.52 Å². The van der Waals surface area contributed by atoms with Gasteiger partial charge in [-0.25, -0.2) is 0 Å². The molecular formula is C9H15N3O. The van der Waals surface area contributed by atoms with Gasteiger partial charge in [0.25, 0.3) is 0 Å². The molecule has 1 aliphatic carbocycles. The van der Waals surface area contributed by atoms with Crippen LogP contribution in [0.3, 0.4) is 0 Å². The summed E-state index contributed by atoms with van der Waals surface area (Å²) in [6.45, 7) is 4.18. The summed E-state index contributed by atoms with van der Waals surface area (Å²) in [7, 11) is 0. The number of aryl methyl sites for hydroxylation is 1. The second-order valence-corrected chi connectivity index (χ2v) is 4.03. The van der Waals surface area contributed by atoms with E-state index in [9.17, 15) is 0 Å². The zero-order chi connectivity index (χ0) is 9.47. The predicted octanol–water partition coefficient (Wildman–Crippen LogP) is 1.22. The Hall–Kier alpha value is -0.900. The topological polar surface area (TPSA) is 64.9 Å². The van der Waals surface area contributed by atoms with E-state index in [4.69, 9.17) is 10.3 Å². The number of hydrogen-bond donors (Lipinski definition) is 1. The Labute approximate surface area is 77.5 Å². The van der Waals surface area contributed by atoms with E-state index in [0.717, 1.165) is 19.3 Å². The molecule has 2 N–H and O–H groups in total. The number of rotatable bonds is 2. The average molecular weight is 181 g/mol. The molecule has 72 valence electrons. The lowest BCUT2D eigenvalue weighted by Gasteiger charge is -2.40. The van der Waals surface area contributed by atoms with Crippen LogP contribution in [0.1, 0.15) is 38.4 Å². The van der Waals surface area contributed by atoms with Gasteiger partial charge in [0.1, 0.15) is 0 Å². The smallest absolute Gasteiger partial charge is 0.226 e. The van der Waals surface area contributed by atoms with Gasteiger partial charge in [0.2, 0.25) is 5.89 Å². The molecule has 1 aromatic rings. The molecule has 1 aliphatic rings. The molecule has 0 amide bonds. The maximum atomic E-state index is 6.10. The summed E-state index contributed by atoms with van der Waals surface area (Å²) in [5.74, 6) is 2.05. The Morgan fingerprint density at radius 3 is 2.77 bits per heavy atom. The van der Waals surface area contributed by atoms with Crippen molar-refractivity contribution in [1.29, 1.82) is 0 Å². The van der Waals surface area contributed by atoms with Gasteiger partial charge in [-0.1, -0.05) is 19.0 Å². The first-order chi connectivity index (χ1) is 6.14. The van der Waals surface area contributed by atoms with Crippen molar-refractivity contribution >= 4 is 0 Å². The van der Waals surface area contributed by atoms with Crippen LogP contribution in [-0.4, -0.2) is 10.1 Å². The fourth-order valence-electron chi connectivity index (χ4n) is 1.97. The number of hydrogen-bond acceptors (Lipinski definition) is 4. The van der Waals surface area contributed by atoms with Gasteiger partial charge in [0.05, 0.1) is 5.54 Å². The van der Waals surface area contributed by atoms with Crippen molar-refractivity contribution in [2.24, 2.45) is 11.7 Å². The summed E-state index contributed by atoms with van der Waals surface area (Å²) in [5, 5.41) is 3.90. The van der Waals surface area contributed by atoms with Crippen LogP contribution in [0, 0.1) is 5.92 Å². The Bertz CT molecular complexity index is 302. The van der Waals surface area contributed by atoms with Crippen LogP contribution >= 0.6 is 0 Å². The normalized spacial score (nSPS) is 33.0. The molecular weight excluding hydrogens is 166 g/mol. The van der Waals surface area contributed by atoms with Crippen molar-refractivity contribution in [2.45, 2.75) is 38.6 Å². The predicted molar refractivity (Wildman–Crippen MR) is 47.9 cm³/mol. The minimum Gasteiger partial charge on any atom is -0.339 e. The van der Waals surface area contributed by atoms with Gasteiger partial charge in [-0.15, -0.1) is 0 Å². The molecule has 13 heavy (non-hydrogen) atoms. The molecule has 0 radical (unpaired) electrons. The van der Waals surface area contributed by atoms with Gasteiger partial charge in [0, 0.05) is 6.42 Å². The summed E-state index contributed by atoms with van der Waals surface area (Å²) >= 11 is 0. The first-order valence-electron chi connectivity index (χ1n) is 4.76. The first-order valence-corrected chi connectivity index (χ1v) is 4.76. The molecule has 4 heteroatoms. The van der Waals surface area contributed by atoms with Crippen molar-refractivity contribution in [1.82, 2.24) is 10.1 Å². The zero-order valence-corrected chi connectivity index (χ0v) is 8.08. The van der Waals surface area contributed by atoms with Crippen molar-refractivity contribution in [3.05, 3.63) is 11.7 Å². The second kappa shape index (κ2) is 2.80. The van der Waals surface area contributed by atoms with Crippen LogP contribution in [0.2, 0.25) is 0 Å². The highest BCUT2D eigenvalue weighted by Crippen LogP contribution is 2.41. The standard InChI is InChI=1S/C9H15N3O/c1-3-7-11-8(12-13-7)9(10)4-6(2)5-9/h6H,3-5,10H2,1-2H3. The van der Waals surface area contributed by atoms with E-state index < -0.39 is 0 Å². The van der Waals surface area contributed by atoms with Crippen LogP contribution < -0.4 is 5.73 Å². The second-order valence-electron chi connectivity index (χ2n) is 4.03. The molecule has 1 fully saturated rings. The zero-order valence-electron chi connectivity index (χ0n) is 8.08.